The number of H-pyrrole nitrogens is 1. The molecule has 55 heavy (non-hydrogen) atoms. The lowest BCUT2D eigenvalue weighted by atomic mass is 10.0. The summed E-state index contributed by atoms with van der Waals surface area (Å²) < 4.78 is 2.63. The zero-order valence-corrected chi connectivity index (χ0v) is 33.7. The SMILES string of the molecule is N[C@@H](CCCCNC(=O)[C@@H](Cc1cc(Br)c(O)c(Br)c1)NC(=O)N1CCC(n2cc(-c3ccccc3)[nH]c2=O)CC1)C(=O)N1CCN(c2ccncc2)CC1. The quantitative estimate of drug-likeness (QED) is 0.123. The van der Waals surface area contributed by atoms with Crippen LogP contribution >= 0.6 is 31.9 Å². The predicted octanol–water partition coefficient (Wildman–Crippen LogP) is 4.39. The van der Waals surface area contributed by atoms with Crippen molar-refractivity contribution in [3.05, 3.63) is 98.2 Å². The van der Waals surface area contributed by atoms with Gasteiger partial charge in [-0.05, 0) is 99.4 Å². The number of hydrogen-bond donors (Lipinski definition) is 5. The van der Waals surface area contributed by atoms with Crippen LogP contribution in [-0.4, -0.2) is 105 Å². The minimum atomic E-state index is -0.899. The van der Waals surface area contributed by atoms with Gasteiger partial charge in [0.1, 0.15) is 11.8 Å². The number of piperidine rings is 1. The number of amides is 4. The Morgan fingerprint density at radius 1 is 0.927 bits per heavy atom. The van der Waals surface area contributed by atoms with Crippen molar-refractivity contribution in [1.29, 1.82) is 0 Å². The number of pyridine rings is 1. The summed E-state index contributed by atoms with van der Waals surface area (Å²) in [5, 5.41) is 16.1. The van der Waals surface area contributed by atoms with E-state index in [4.69, 9.17) is 5.73 Å². The van der Waals surface area contributed by atoms with Gasteiger partial charge in [0.25, 0.3) is 0 Å². The second kappa shape index (κ2) is 18.8. The first kappa shape index (κ1) is 40.0. The number of aromatic amines is 1. The van der Waals surface area contributed by atoms with Gasteiger partial charge in [0, 0.05) is 82.6 Å². The van der Waals surface area contributed by atoms with Crippen LogP contribution in [0.5, 0.6) is 5.75 Å². The molecule has 2 aromatic heterocycles. The van der Waals surface area contributed by atoms with E-state index in [1.54, 1.807) is 34.0 Å². The Hall–Kier alpha value is -4.67. The molecule has 0 bridgehead atoms. The number of halogens is 2. The van der Waals surface area contributed by atoms with E-state index in [1.807, 2.05) is 53.6 Å². The van der Waals surface area contributed by atoms with Crippen LogP contribution in [0.3, 0.4) is 0 Å². The van der Waals surface area contributed by atoms with E-state index in [2.05, 4.69) is 57.4 Å². The highest BCUT2D eigenvalue weighted by molar-refractivity contribution is 9.11. The number of rotatable bonds is 13. The lowest BCUT2D eigenvalue weighted by molar-refractivity contribution is -0.133. The molecule has 4 heterocycles. The number of aromatic nitrogens is 3. The monoisotopic (exact) mass is 879 g/mol. The molecule has 16 heteroatoms. The van der Waals surface area contributed by atoms with E-state index < -0.39 is 12.1 Å². The molecule has 14 nitrogen and oxygen atoms in total. The number of likely N-dealkylation sites (tertiary alicyclic amines) is 1. The lowest BCUT2D eigenvalue weighted by Gasteiger charge is -2.37. The second-order valence-electron chi connectivity index (χ2n) is 14.0. The van der Waals surface area contributed by atoms with E-state index in [-0.39, 0.29) is 41.7 Å². The fraction of sp³-hybridized carbons (Fsp3) is 0.410. The minimum Gasteiger partial charge on any atom is -0.506 e. The van der Waals surface area contributed by atoms with Gasteiger partial charge < -0.3 is 41.2 Å². The lowest BCUT2D eigenvalue weighted by Crippen LogP contribution is -2.54. The smallest absolute Gasteiger partial charge is 0.326 e. The molecular weight excluding hydrogens is 834 g/mol. The zero-order chi connectivity index (χ0) is 38.9. The Bertz CT molecular complexity index is 1960. The van der Waals surface area contributed by atoms with Crippen LogP contribution < -0.4 is 27.0 Å². The van der Waals surface area contributed by atoms with Crippen molar-refractivity contribution in [2.24, 2.45) is 5.73 Å². The van der Waals surface area contributed by atoms with Crippen LogP contribution in [0, 0.1) is 0 Å². The molecule has 6 rings (SSSR count). The number of carbonyl (C=O) groups is 3. The van der Waals surface area contributed by atoms with Crippen molar-refractivity contribution in [1.82, 2.24) is 35.0 Å². The molecule has 4 aromatic rings. The van der Waals surface area contributed by atoms with Gasteiger partial charge >= 0.3 is 11.7 Å². The summed E-state index contributed by atoms with van der Waals surface area (Å²) >= 11 is 6.71. The van der Waals surface area contributed by atoms with Crippen molar-refractivity contribution >= 4 is 55.4 Å². The molecule has 292 valence electrons. The average molecular weight is 882 g/mol. The third-order valence-electron chi connectivity index (χ3n) is 10.3. The number of anilines is 1. The van der Waals surface area contributed by atoms with Gasteiger partial charge in [0.2, 0.25) is 11.8 Å². The number of carbonyl (C=O) groups excluding carboxylic acids is 3. The number of urea groups is 1. The van der Waals surface area contributed by atoms with Gasteiger partial charge in [-0.25, -0.2) is 9.59 Å². The van der Waals surface area contributed by atoms with Crippen LogP contribution in [0.25, 0.3) is 11.3 Å². The molecule has 0 unspecified atom stereocenters. The number of phenolic OH excluding ortho intramolecular Hbond substituents is 1. The number of imidazole rings is 1. The topological polar surface area (TPSA) is 182 Å². The Kier molecular flexibility index (Phi) is 13.7. The summed E-state index contributed by atoms with van der Waals surface area (Å²) in [4.78, 5) is 65.8. The largest absolute Gasteiger partial charge is 0.506 e. The predicted molar refractivity (Wildman–Crippen MR) is 218 cm³/mol. The molecule has 0 spiro atoms. The zero-order valence-electron chi connectivity index (χ0n) is 30.5. The molecule has 4 amide bonds. The van der Waals surface area contributed by atoms with Gasteiger partial charge in [0.05, 0.1) is 20.7 Å². The van der Waals surface area contributed by atoms with Crippen LogP contribution in [0.4, 0.5) is 10.5 Å². The molecular formula is C39H47Br2N9O5. The standard InChI is InChI=1S/C39H47Br2N9O5/c40-30-22-26(23-31(41)35(30)51)24-33(45-38(54)49-16-11-29(12-17-49)50-25-34(46-39(50)55)27-6-2-1-3-7-27)36(52)44-13-5-4-8-32(42)37(53)48-20-18-47(19-21-48)28-9-14-43-15-10-28/h1-3,6-7,9-10,14-15,22-23,25,29,32-33,51H,4-5,8,11-13,16-21,24,42H2,(H,44,52)(H,45,54)(H,46,55)/t32-,33+/m0/s1. The van der Waals surface area contributed by atoms with E-state index in [1.165, 1.54) is 0 Å². The number of phenols is 1. The third-order valence-corrected chi connectivity index (χ3v) is 11.5. The highest BCUT2D eigenvalue weighted by Crippen LogP contribution is 2.34. The fourth-order valence-electron chi connectivity index (χ4n) is 7.14. The maximum Gasteiger partial charge on any atom is 0.326 e. The van der Waals surface area contributed by atoms with Crippen molar-refractivity contribution in [2.45, 2.75) is 56.7 Å². The highest BCUT2D eigenvalue weighted by Gasteiger charge is 2.29. The third kappa shape index (κ3) is 10.3. The molecule has 2 atom stereocenters. The van der Waals surface area contributed by atoms with Gasteiger partial charge in [-0.3, -0.25) is 19.1 Å². The molecule has 0 radical (unpaired) electrons. The first-order chi connectivity index (χ1) is 26.6. The number of benzene rings is 2. The minimum absolute atomic E-state index is 0.0398. The Morgan fingerprint density at radius 2 is 1.60 bits per heavy atom. The maximum atomic E-state index is 13.6. The van der Waals surface area contributed by atoms with E-state index in [0.717, 1.165) is 35.6 Å². The first-order valence-corrected chi connectivity index (χ1v) is 20.2. The van der Waals surface area contributed by atoms with Gasteiger partial charge in [-0.15, -0.1) is 0 Å². The normalized spacial score (nSPS) is 16.1. The van der Waals surface area contributed by atoms with Crippen LogP contribution in [0.2, 0.25) is 0 Å². The molecule has 2 aromatic carbocycles. The Labute approximate surface area is 336 Å². The molecule has 6 N–H and O–H groups in total. The summed E-state index contributed by atoms with van der Waals surface area (Å²) in [6, 6.07) is 15.1. The molecule has 2 fully saturated rings. The molecule has 2 saturated heterocycles. The summed E-state index contributed by atoms with van der Waals surface area (Å²) in [5.74, 6) is -0.366. The van der Waals surface area contributed by atoms with Crippen molar-refractivity contribution < 1.29 is 19.5 Å². The molecule has 0 aliphatic carbocycles. The van der Waals surface area contributed by atoms with Gasteiger partial charge in [0.15, 0.2) is 0 Å². The first-order valence-electron chi connectivity index (χ1n) is 18.6. The number of nitrogens with one attached hydrogen (secondary N) is 3. The average Bonchev–Trinajstić information content (AvgIpc) is 3.61. The summed E-state index contributed by atoms with van der Waals surface area (Å²) in [6.07, 6.45) is 8.46. The van der Waals surface area contributed by atoms with E-state index >= 15 is 0 Å². The van der Waals surface area contributed by atoms with Gasteiger partial charge in [-0.2, -0.15) is 0 Å². The van der Waals surface area contributed by atoms with Crippen molar-refractivity contribution in [3.8, 4) is 17.0 Å². The van der Waals surface area contributed by atoms with E-state index in [0.29, 0.717) is 73.8 Å². The molecule has 0 saturated carbocycles. The highest BCUT2D eigenvalue weighted by atomic mass is 79.9. The number of nitrogens with zero attached hydrogens (tertiary/aromatic N) is 5. The summed E-state index contributed by atoms with van der Waals surface area (Å²) in [5.41, 5.74) is 9.60. The van der Waals surface area contributed by atoms with E-state index in [9.17, 15) is 24.3 Å². The number of aromatic hydroxyl groups is 1. The Morgan fingerprint density at radius 3 is 2.27 bits per heavy atom. The second-order valence-corrected chi connectivity index (χ2v) is 15.7. The van der Waals surface area contributed by atoms with Crippen LogP contribution in [0.1, 0.15) is 43.7 Å². The van der Waals surface area contributed by atoms with Crippen LogP contribution in [0.15, 0.2) is 86.9 Å². The maximum absolute atomic E-state index is 13.6. The molecule has 2 aliphatic rings. The number of piperazine rings is 1. The number of hydrogen-bond acceptors (Lipinski definition) is 8. The fourth-order valence-corrected chi connectivity index (χ4v) is 8.42. The van der Waals surface area contributed by atoms with Crippen molar-refractivity contribution in [3.63, 3.8) is 0 Å². The summed E-state index contributed by atoms with van der Waals surface area (Å²) in [7, 11) is 0. The number of unbranched alkanes of at least 4 members (excludes halogenated alkanes) is 1. The van der Waals surface area contributed by atoms with Crippen molar-refractivity contribution in [2.75, 3.05) is 50.7 Å². The summed E-state index contributed by atoms with van der Waals surface area (Å²) in [6.45, 7) is 3.85. The van der Waals surface area contributed by atoms with Crippen LogP contribution in [-0.2, 0) is 16.0 Å². The number of nitrogens with two attached hydrogens (primary N) is 1. The van der Waals surface area contributed by atoms with Gasteiger partial charge in [-0.1, -0.05) is 30.3 Å². The molecule has 2 aliphatic heterocycles. The Balaban J connectivity index is 0.987.